The van der Waals surface area contributed by atoms with Gasteiger partial charge in [0.05, 0.1) is 18.1 Å². The molecule has 0 aromatic carbocycles. The van der Waals surface area contributed by atoms with Gasteiger partial charge >= 0.3 is 0 Å². The zero-order valence-electron chi connectivity index (χ0n) is 16.1. The van der Waals surface area contributed by atoms with Crippen LogP contribution >= 0.6 is 11.8 Å². The van der Waals surface area contributed by atoms with E-state index in [1.54, 1.807) is 11.4 Å². The van der Waals surface area contributed by atoms with Crippen molar-refractivity contribution in [2.45, 2.75) is 19.4 Å². The molecule has 8 nitrogen and oxygen atoms in total. The number of piperidine rings is 1. The average molecular weight is 415 g/mol. The second kappa shape index (κ2) is 9.29. The number of likely N-dealkylation sites (tertiary alicyclic amines) is 1. The number of imidazole rings is 1. The molecule has 2 fully saturated rings. The minimum Gasteiger partial charge on any atom is -0.355 e. The van der Waals surface area contributed by atoms with Gasteiger partial charge in [-0.15, -0.1) is 0 Å². The van der Waals surface area contributed by atoms with Crippen molar-refractivity contribution in [3.8, 4) is 0 Å². The molecule has 2 aliphatic heterocycles. The smallest absolute Gasteiger partial charge is 0.215 e. The van der Waals surface area contributed by atoms with Gasteiger partial charge in [-0.25, -0.2) is 17.7 Å². The molecule has 1 N–H and O–H groups in total. The fraction of sp³-hybridized carbons (Fsp3) is 0.765. The highest BCUT2D eigenvalue weighted by molar-refractivity contribution is 7.99. The first-order valence-electron chi connectivity index (χ1n) is 9.50. The Hall–Kier alpha value is -1.26. The molecule has 27 heavy (non-hydrogen) atoms. The highest BCUT2D eigenvalue weighted by atomic mass is 32.2. The van der Waals surface area contributed by atoms with Crippen LogP contribution in [0.4, 0.5) is 0 Å². The van der Waals surface area contributed by atoms with Gasteiger partial charge in [0.25, 0.3) is 0 Å². The molecular weight excluding hydrogens is 384 g/mol. The Labute approximate surface area is 166 Å². The molecule has 0 spiro atoms. The number of hydrogen-bond acceptors (Lipinski definition) is 5. The first-order valence-corrected chi connectivity index (χ1v) is 12.3. The van der Waals surface area contributed by atoms with Crippen molar-refractivity contribution in [2.24, 2.45) is 10.9 Å². The predicted octanol–water partition coefficient (Wildman–Crippen LogP) is 0.720. The molecule has 1 aromatic heterocycles. The quantitative estimate of drug-likeness (QED) is 0.565. The van der Waals surface area contributed by atoms with Crippen molar-refractivity contribution in [3.05, 3.63) is 18.7 Å². The van der Waals surface area contributed by atoms with E-state index in [9.17, 15) is 8.42 Å². The van der Waals surface area contributed by atoms with Gasteiger partial charge in [-0.2, -0.15) is 11.8 Å². The summed E-state index contributed by atoms with van der Waals surface area (Å²) < 4.78 is 28.8. The van der Waals surface area contributed by atoms with Crippen LogP contribution in [0.3, 0.4) is 0 Å². The molecule has 2 atom stereocenters. The van der Waals surface area contributed by atoms with Crippen molar-refractivity contribution >= 4 is 27.7 Å². The Kier molecular flexibility index (Phi) is 7.04. The summed E-state index contributed by atoms with van der Waals surface area (Å²) in [4.78, 5) is 10.8. The molecular formula is C17H30N6O2S2. The van der Waals surface area contributed by atoms with E-state index in [2.05, 4.69) is 31.7 Å². The van der Waals surface area contributed by atoms with Gasteiger partial charge in [0.15, 0.2) is 5.96 Å². The molecule has 10 heteroatoms. The van der Waals surface area contributed by atoms with E-state index in [1.807, 2.05) is 30.5 Å². The molecule has 0 aliphatic carbocycles. The van der Waals surface area contributed by atoms with Gasteiger partial charge in [0.1, 0.15) is 0 Å². The average Bonchev–Trinajstić information content (AvgIpc) is 3.21. The summed E-state index contributed by atoms with van der Waals surface area (Å²) in [6, 6.07) is 0.342. The number of nitrogens with zero attached hydrogens (tertiary/aromatic N) is 5. The summed E-state index contributed by atoms with van der Waals surface area (Å²) in [6.07, 6.45) is 6.74. The summed E-state index contributed by atoms with van der Waals surface area (Å²) in [5.74, 6) is 3.21. The monoisotopic (exact) mass is 414 g/mol. The van der Waals surface area contributed by atoms with E-state index in [-0.39, 0.29) is 5.75 Å². The van der Waals surface area contributed by atoms with Crippen molar-refractivity contribution in [1.82, 2.24) is 24.1 Å². The standard InChI is InChI=1S/C17H30N6O2S2/c1-15-3-6-21(13-16(15)22-7-4-19-14-22)17(18-2)20-5-12-27(24,25)23-8-10-26-11-9-23/h4,7,14-16H,3,5-6,8-13H2,1-2H3,(H,18,20). The van der Waals surface area contributed by atoms with Crippen LogP contribution in [0.25, 0.3) is 0 Å². The number of aromatic nitrogens is 2. The van der Waals surface area contributed by atoms with Gasteiger partial charge in [0, 0.05) is 63.7 Å². The molecule has 3 heterocycles. The van der Waals surface area contributed by atoms with Crippen LogP contribution in [-0.2, 0) is 10.0 Å². The summed E-state index contributed by atoms with van der Waals surface area (Å²) in [7, 11) is -1.45. The lowest BCUT2D eigenvalue weighted by molar-refractivity contribution is 0.189. The molecule has 2 unspecified atom stereocenters. The fourth-order valence-corrected chi connectivity index (χ4v) is 6.16. The van der Waals surface area contributed by atoms with Crippen LogP contribution in [-0.4, -0.2) is 90.2 Å². The maximum atomic E-state index is 12.5. The lowest BCUT2D eigenvalue weighted by Crippen LogP contribution is -2.50. The van der Waals surface area contributed by atoms with E-state index in [1.165, 1.54) is 0 Å². The Morgan fingerprint density at radius 1 is 1.33 bits per heavy atom. The minimum atomic E-state index is -3.20. The van der Waals surface area contributed by atoms with E-state index >= 15 is 0 Å². The molecule has 0 bridgehead atoms. The third-order valence-electron chi connectivity index (χ3n) is 5.34. The van der Waals surface area contributed by atoms with Crippen LogP contribution in [0, 0.1) is 5.92 Å². The van der Waals surface area contributed by atoms with Gasteiger partial charge in [-0.1, -0.05) is 6.92 Å². The fourth-order valence-electron chi connectivity index (χ4n) is 3.67. The van der Waals surface area contributed by atoms with Crippen molar-refractivity contribution < 1.29 is 8.42 Å². The second-order valence-electron chi connectivity index (χ2n) is 7.09. The van der Waals surface area contributed by atoms with Crippen LogP contribution < -0.4 is 5.32 Å². The van der Waals surface area contributed by atoms with Gasteiger partial charge in [-0.3, -0.25) is 4.99 Å². The number of aliphatic imine (C=N–C) groups is 1. The highest BCUT2D eigenvalue weighted by Crippen LogP contribution is 2.27. The van der Waals surface area contributed by atoms with Crippen molar-refractivity contribution in [1.29, 1.82) is 0 Å². The van der Waals surface area contributed by atoms with Crippen LogP contribution in [0.15, 0.2) is 23.7 Å². The number of nitrogens with one attached hydrogen (secondary N) is 1. The molecule has 1 aromatic rings. The maximum Gasteiger partial charge on any atom is 0.215 e. The Morgan fingerprint density at radius 3 is 2.78 bits per heavy atom. The van der Waals surface area contributed by atoms with E-state index in [4.69, 9.17) is 0 Å². The topological polar surface area (TPSA) is 82.8 Å². The van der Waals surface area contributed by atoms with Crippen LogP contribution in [0.2, 0.25) is 0 Å². The zero-order valence-corrected chi connectivity index (χ0v) is 17.8. The molecule has 0 radical (unpaired) electrons. The maximum absolute atomic E-state index is 12.5. The van der Waals surface area contributed by atoms with E-state index in [0.29, 0.717) is 31.6 Å². The Bertz CT molecular complexity index is 716. The summed E-state index contributed by atoms with van der Waals surface area (Å²) in [5, 5.41) is 3.26. The first-order chi connectivity index (χ1) is 13.0. The Morgan fingerprint density at radius 2 is 2.11 bits per heavy atom. The molecule has 2 saturated heterocycles. The second-order valence-corrected chi connectivity index (χ2v) is 10.4. The third-order valence-corrected chi connectivity index (χ3v) is 8.16. The normalized spacial score (nSPS) is 25.6. The predicted molar refractivity (Wildman–Crippen MR) is 111 cm³/mol. The first kappa shape index (κ1) is 20.5. The number of hydrogen-bond donors (Lipinski definition) is 1. The van der Waals surface area contributed by atoms with Gasteiger partial charge < -0.3 is 14.8 Å². The largest absolute Gasteiger partial charge is 0.355 e. The number of thioether (sulfide) groups is 1. The van der Waals surface area contributed by atoms with E-state index < -0.39 is 10.0 Å². The van der Waals surface area contributed by atoms with Gasteiger partial charge in [0.2, 0.25) is 10.0 Å². The third kappa shape index (κ3) is 5.17. The van der Waals surface area contributed by atoms with E-state index in [0.717, 1.165) is 37.0 Å². The number of sulfonamides is 1. The zero-order chi connectivity index (χ0) is 19.3. The molecule has 0 amide bonds. The molecule has 3 rings (SSSR count). The van der Waals surface area contributed by atoms with Crippen molar-refractivity contribution in [3.63, 3.8) is 0 Å². The number of guanidine groups is 1. The highest BCUT2D eigenvalue weighted by Gasteiger charge is 2.29. The molecule has 2 aliphatic rings. The Balaban J connectivity index is 1.54. The lowest BCUT2D eigenvalue weighted by Gasteiger charge is -2.39. The molecule has 0 saturated carbocycles. The van der Waals surface area contributed by atoms with Crippen LogP contribution in [0.1, 0.15) is 19.4 Å². The molecule has 152 valence electrons. The number of rotatable bonds is 5. The SMILES string of the molecule is CN=C(NCCS(=O)(=O)N1CCSCC1)N1CCC(C)C(n2ccnc2)C1. The minimum absolute atomic E-state index is 0.103. The summed E-state index contributed by atoms with van der Waals surface area (Å²) in [5.41, 5.74) is 0. The summed E-state index contributed by atoms with van der Waals surface area (Å²) in [6.45, 7) is 5.65. The van der Waals surface area contributed by atoms with Crippen molar-refractivity contribution in [2.75, 3.05) is 57.0 Å². The van der Waals surface area contributed by atoms with Gasteiger partial charge in [-0.05, 0) is 12.3 Å². The van der Waals surface area contributed by atoms with Crippen LogP contribution in [0.5, 0.6) is 0 Å². The summed E-state index contributed by atoms with van der Waals surface area (Å²) >= 11 is 1.81. The lowest BCUT2D eigenvalue weighted by atomic mass is 9.93.